The maximum atomic E-state index is 6.09. The molecule has 0 aliphatic heterocycles. The van der Waals surface area contributed by atoms with Crippen LogP contribution in [0, 0.1) is 5.92 Å². The van der Waals surface area contributed by atoms with E-state index in [-0.39, 0.29) is 24.0 Å². The Morgan fingerprint density at radius 3 is 2.85 bits per heavy atom. The molecule has 0 unspecified atom stereocenters. The van der Waals surface area contributed by atoms with Gasteiger partial charge in [0.25, 0.3) is 0 Å². The molecule has 6 nitrogen and oxygen atoms in total. The molecule has 0 radical (unpaired) electrons. The summed E-state index contributed by atoms with van der Waals surface area (Å²) in [5.74, 6) is 2.24. The number of aromatic nitrogens is 1. The Morgan fingerprint density at radius 1 is 1.35 bits per heavy atom. The molecule has 2 aromatic rings. The van der Waals surface area contributed by atoms with Crippen LogP contribution in [0.15, 0.2) is 41.5 Å². The van der Waals surface area contributed by atoms with Gasteiger partial charge in [-0.05, 0) is 48.6 Å². The third-order valence-electron chi connectivity index (χ3n) is 3.82. The maximum Gasteiger partial charge on any atom is 0.213 e. The normalized spacial score (nSPS) is 13.7. The summed E-state index contributed by atoms with van der Waals surface area (Å²) in [6, 6.07) is 9.11. The van der Waals surface area contributed by atoms with Crippen LogP contribution in [0.2, 0.25) is 5.02 Å². The SMILES string of the molecule is COc1ccc(NC(N)=NCc2ccnc(OCC3CC3)c2)cc1Cl.I. The molecular formula is C18H22ClIN4O2. The van der Waals surface area contributed by atoms with Gasteiger partial charge in [-0.3, -0.25) is 0 Å². The first-order valence-corrected chi connectivity index (χ1v) is 8.50. The van der Waals surface area contributed by atoms with E-state index in [0.717, 1.165) is 17.9 Å². The summed E-state index contributed by atoms with van der Waals surface area (Å²) in [7, 11) is 1.57. The van der Waals surface area contributed by atoms with Crippen molar-refractivity contribution in [3.63, 3.8) is 0 Å². The molecule has 0 bridgehead atoms. The van der Waals surface area contributed by atoms with Crippen molar-refractivity contribution in [3.05, 3.63) is 47.1 Å². The molecule has 1 heterocycles. The fourth-order valence-corrected chi connectivity index (χ4v) is 2.48. The molecule has 1 aromatic carbocycles. The van der Waals surface area contributed by atoms with Crippen molar-refractivity contribution in [1.29, 1.82) is 0 Å². The lowest BCUT2D eigenvalue weighted by Gasteiger charge is -2.09. The molecule has 3 N–H and O–H groups in total. The van der Waals surface area contributed by atoms with E-state index >= 15 is 0 Å². The predicted molar refractivity (Wildman–Crippen MR) is 115 cm³/mol. The van der Waals surface area contributed by atoms with Gasteiger partial charge in [-0.15, -0.1) is 24.0 Å². The summed E-state index contributed by atoms with van der Waals surface area (Å²) in [6.45, 7) is 1.17. The van der Waals surface area contributed by atoms with Crippen molar-refractivity contribution in [2.24, 2.45) is 16.6 Å². The van der Waals surface area contributed by atoms with Crippen LogP contribution in [0.5, 0.6) is 11.6 Å². The van der Waals surface area contributed by atoms with Crippen molar-refractivity contribution in [1.82, 2.24) is 4.98 Å². The number of methoxy groups -OCH3 is 1. The van der Waals surface area contributed by atoms with Crippen LogP contribution in [0.4, 0.5) is 5.69 Å². The highest BCUT2D eigenvalue weighted by Gasteiger charge is 2.22. The third kappa shape index (κ3) is 6.21. The highest BCUT2D eigenvalue weighted by molar-refractivity contribution is 14.0. The zero-order valence-electron chi connectivity index (χ0n) is 14.4. The van der Waals surface area contributed by atoms with E-state index in [0.29, 0.717) is 35.1 Å². The smallest absolute Gasteiger partial charge is 0.213 e. The number of benzene rings is 1. The minimum Gasteiger partial charge on any atom is -0.495 e. The van der Waals surface area contributed by atoms with Crippen LogP contribution in [-0.2, 0) is 6.54 Å². The molecule has 3 rings (SSSR count). The van der Waals surface area contributed by atoms with Gasteiger partial charge in [-0.25, -0.2) is 9.98 Å². The topological polar surface area (TPSA) is 81.8 Å². The second-order valence-corrected chi connectivity index (χ2v) is 6.34. The molecule has 8 heteroatoms. The Morgan fingerprint density at radius 2 is 2.15 bits per heavy atom. The number of nitrogens with one attached hydrogen (secondary N) is 1. The predicted octanol–water partition coefficient (Wildman–Crippen LogP) is 4.08. The van der Waals surface area contributed by atoms with Crippen LogP contribution in [0.25, 0.3) is 0 Å². The number of rotatable bonds is 7. The Hall–Kier alpha value is -1.74. The monoisotopic (exact) mass is 488 g/mol. The summed E-state index contributed by atoms with van der Waals surface area (Å²) in [4.78, 5) is 8.55. The van der Waals surface area contributed by atoms with Gasteiger partial charge in [0.15, 0.2) is 5.96 Å². The summed E-state index contributed by atoms with van der Waals surface area (Å²) >= 11 is 6.09. The second kappa shape index (κ2) is 9.82. The minimum atomic E-state index is 0. The number of halogens is 2. The Kier molecular flexibility index (Phi) is 7.77. The van der Waals surface area contributed by atoms with E-state index in [1.54, 1.807) is 25.4 Å². The van der Waals surface area contributed by atoms with E-state index in [9.17, 15) is 0 Å². The largest absolute Gasteiger partial charge is 0.495 e. The van der Waals surface area contributed by atoms with Gasteiger partial charge in [-0.2, -0.15) is 0 Å². The van der Waals surface area contributed by atoms with Crippen molar-refractivity contribution >= 4 is 47.2 Å². The lowest BCUT2D eigenvalue weighted by molar-refractivity contribution is 0.288. The second-order valence-electron chi connectivity index (χ2n) is 5.93. The van der Waals surface area contributed by atoms with Crippen molar-refractivity contribution in [2.45, 2.75) is 19.4 Å². The first-order chi connectivity index (χ1) is 12.1. The highest BCUT2D eigenvalue weighted by Crippen LogP contribution is 2.29. The number of nitrogens with two attached hydrogens (primary N) is 1. The zero-order valence-corrected chi connectivity index (χ0v) is 17.5. The molecule has 0 amide bonds. The molecule has 1 saturated carbocycles. The van der Waals surface area contributed by atoms with Gasteiger partial charge >= 0.3 is 0 Å². The molecule has 0 atom stereocenters. The lowest BCUT2D eigenvalue weighted by Crippen LogP contribution is -2.22. The third-order valence-corrected chi connectivity index (χ3v) is 4.11. The summed E-state index contributed by atoms with van der Waals surface area (Å²) in [5.41, 5.74) is 7.67. The van der Waals surface area contributed by atoms with E-state index in [1.165, 1.54) is 12.8 Å². The summed E-state index contributed by atoms with van der Waals surface area (Å²) in [5, 5.41) is 3.51. The van der Waals surface area contributed by atoms with Crippen LogP contribution < -0.4 is 20.5 Å². The van der Waals surface area contributed by atoms with Gasteiger partial charge in [0, 0.05) is 18.0 Å². The molecule has 140 valence electrons. The fraction of sp³-hybridized carbons (Fsp3) is 0.333. The van der Waals surface area contributed by atoms with Crippen LogP contribution in [0.1, 0.15) is 18.4 Å². The van der Waals surface area contributed by atoms with Gasteiger partial charge in [0.1, 0.15) is 5.75 Å². The van der Waals surface area contributed by atoms with Gasteiger partial charge in [0.2, 0.25) is 5.88 Å². The molecule has 0 saturated heterocycles. The number of anilines is 1. The van der Waals surface area contributed by atoms with Crippen molar-refractivity contribution in [2.75, 3.05) is 19.0 Å². The Labute approximate surface area is 175 Å². The number of guanidine groups is 1. The van der Waals surface area contributed by atoms with Crippen LogP contribution >= 0.6 is 35.6 Å². The number of ether oxygens (including phenoxy) is 2. The van der Waals surface area contributed by atoms with E-state index in [4.69, 9.17) is 26.8 Å². The summed E-state index contributed by atoms with van der Waals surface area (Å²) < 4.78 is 10.8. The van der Waals surface area contributed by atoms with Crippen molar-refractivity contribution < 1.29 is 9.47 Å². The fourth-order valence-electron chi connectivity index (χ4n) is 2.22. The molecule has 0 spiro atoms. The summed E-state index contributed by atoms with van der Waals surface area (Å²) in [6.07, 6.45) is 4.23. The molecule has 1 aliphatic rings. The van der Waals surface area contributed by atoms with E-state index in [2.05, 4.69) is 15.3 Å². The van der Waals surface area contributed by atoms with Crippen LogP contribution in [0.3, 0.4) is 0 Å². The van der Waals surface area contributed by atoms with Gasteiger partial charge in [-0.1, -0.05) is 11.6 Å². The van der Waals surface area contributed by atoms with Gasteiger partial charge < -0.3 is 20.5 Å². The quantitative estimate of drug-likeness (QED) is 0.349. The zero-order chi connectivity index (χ0) is 17.6. The number of hydrogen-bond acceptors (Lipinski definition) is 4. The first kappa shape index (κ1) is 20.6. The number of pyridine rings is 1. The minimum absolute atomic E-state index is 0. The Bertz CT molecular complexity index is 769. The van der Waals surface area contributed by atoms with Crippen molar-refractivity contribution in [3.8, 4) is 11.6 Å². The average Bonchev–Trinajstić information content (AvgIpc) is 3.43. The first-order valence-electron chi connectivity index (χ1n) is 8.12. The molecule has 1 aromatic heterocycles. The molecule has 26 heavy (non-hydrogen) atoms. The van der Waals surface area contributed by atoms with E-state index in [1.807, 2.05) is 18.2 Å². The Balaban J connectivity index is 0.00000243. The highest BCUT2D eigenvalue weighted by atomic mass is 127. The van der Waals surface area contributed by atoms with E-state index < -0.39 is 0 Å². The number of nitrogens with zero attached hydrogens (tertiary/aromatic N) is 2. The molecule has 1 fully saturated rings. The van der Waals surface area contributed by atoms with Gasteiger partial charge in [0.05, 0.1) is 25.3 Å². The molecule has 1 aliphatic carbocycles. The molecular weight excluding hydrogens is 467 g/mol. The van der Waals surface area contributed by atoms with Crippen LogP contribution in [-0.4, -0.2) is 24.7 Å². The standard InChI is InChI=1S/C18H21ClN4O2.HI/c1-24-16-5-4-14(9-15(16)19)23-18(20)22-10-13-6-7-21-17(8-13)25-11-12-2-3-12;/h4-9,12H,2-3,10-11H2,1H3,(H3,20,22,23);1H. The lowest BCUT2D eigenvalue weighted by atomic mass is 10.2. The average molecular weight is 489 g/mol. The number of hydrogen-bond donors (Lipinski definition) is 2. The maximum absolute atomic E-state index is 6.09. The number of aliphatic imine (C=N–C) groups is 1.